The number of aliphatic hydroxyl groups is 1. The molecule has 3 aromatic heterocycles. The summed E-state index contributed by atoms with van der Waals surface area (Å²) in [5.74, 6) is 0.394. The van der Waals surface area contributed by atoms with E-state index in [0.29, 0.717) is 46.7 Å². The summed E-state index contributed by atoms with van der Waals surface area (Å²) < 4.78 is 5.37. The number of carbonyl (C=O) groups is 3. The number of nitrogens with one attached hydrogen (secondary N) is 2. The van der Waals surface area contributed by atoms with E-state index in [4.69, 9.17) is 5.10 Å². The predicted molar refractivity (Wildman–Crippen MR) is 231 cm³/mol. The highest BCUT2D eigenvalue weighted by Crippen LogP contribution is 2.54. The number of nitrogens with zero attached hydrogens (tertiary/aromatic N) is 6. The normalized spacial score (nSPS) is 22.6. The largest absolute Gasteiger partial charge is 0.386 e. The quantitative estimate of drug-likeness (QED) is 0.132. The number of aromatic nitrogens is 5. The van der Waals surface area contributed by atoms with Crippen molar-refractivity contribution in [1.82, 2.24) is 34.1 Å². The molecule has 13 heteroatoms. The van der Waals surface area contributed by atoms with Crippen molar-refractivity contribution in [3.63, 3.8) is 0 Å². The molecule has 2 aromatic carbocycles. The van der Waals surface area contributed by atoms with Crippen LogP contribution in [0.4, 0.5) is 5.69 Å². The Balaban J connectivity index is 0.756. The molecule has 1 unspecified atom stereocenters. The summed E-state index contributed by atoms with van der Waals surface area (Å²) in [6.07, 6.45) is 14.3. The second kappa shape index (κ2) is 15.7. The third-order valence-corrected chi connectivity index (χ3v) is 14.3. The Morgan fingerprint density at radius 2 is 1.73 bits per heavy atom. The highest BCUT2D eigenvalue weighted by molar-refractivity contribution is 6.04. The van der Waals surface area contributed by atoms with Crippen LogP contribution >= 0.6 is 0 Å². The molecule has 3 N–H and O–H groups in total. The molecule has 316 valence electrons. The van der Waals surface area contributed by atoms with Gasteiger partial charge in [-0.15, -0.1) is 0 Å². The second-order valence-corrected chi connectivity index (χ2v) is 19.0. The molecule has 1 atom stereocenters. The fourth-order valence-corrected chi connectivity index (χ4v) is 11.0. The zero-order valence-electron chi connectivity index (χ0n) is 35.4. The molecule has 13 nitrogen and oxygen atoms in total. The van der Waals surface area contributed by atoms with Crippen molar-refractivity contribution in [2.75, 3.05) is 25.0 Å². The first-order chi connectivity index (χ1) is 28.7. The van der Waals surface area contributed by atoms with Gasteiger partial charge in [-0.3, -0.25) is 33.5 Å². The minimum atomic E-state index is -1.18. The maximum Gasteiger partial charge on any atom is 0.329 e. The zero-order valence-corrected chi connectivity index (χ0v) is 35.4. The standard InChI is InChI=1S/C47H58N8O5/c1-29-7-5-9-36(48-29)43(57)49-38-23-33-28-54(51-37(33)24-35(38)46(2,3)60)34-15-12-30(13-16-34)27-53-21-19-47(20-22-53)25-31(26-47)11-14-32-8-6-10-39-42(32)52(4)45(59)55(39)40-17-18-41(56)50-44(40)58/h5-10,23-24,28,30-31,34,40,60H,11-22,25-27H2,1-4H3,(H,49,57)(H,50,56,58). The Morgan fingerprint density at radius 3 is 2.45 bits per heavy atom. The first kappa shape index (κ1) is 40.3. The van der Waals surface area contributed by atoms with Crippen molar-refractivity contribution in [2.24, 2.45) is 24.3 Å². The number of carbonyl (C=O) groups excluding carboxylic acids is 3. The number of hydrogen-bond acceptors (Lipinski definition) is 8. The Kier molecular flexibility index (Phi) is 10.5. The van der Waals surface area contributed by atoms with Crippen LogP contribution in [-0.4, -0.2) is 71.3 Å². The van der Waals surface area contributed by atoms with E-state index in [1.807, 2.05) is 43.3 Å². The van der Waals surface area contributed by atoms with Gasteiger partial charge < -0.3 is 15.3 Å². The number of rotatable bonds is 10. The Morgan fingerprint density at radius 1 is 0.983 bits per heavy atom. The maximum atomic E-state index is 13.4. The Labute approximate surface area is 350 Å². The fourth-order valence-electron chi connectivity index (χ4n) is 11.0. The number of piperidine rings is 2. The van der Waals surface area contributed by atoms with Gasteiger partial charge in [0.25, 0.3) is 5.91 Å². The third-order valence-electron chi connectivity index (χ3n) is 14.3. The Bertz CT molecular complexity index is 2520. The number of likely N-dealkylation sites (tertiary alicyclic amines) is 1. The van der Waals surface area contributed by atoms with Crippen LogP contribution in [0.15, 0.2) is 59.5 Å². The molecule has 0 radical (unpaired) electrons. The molecular weight excluding hydrogens is 757 g/mol. The lowest BCUT2D eigenvalue weighted by Gasteiger charge is -2.53. The van der Waals surface area contributed by atoms with E-state index < -0.39 is 17.6 Å². The summed E-state index contributed by atoms with van der Waals surface area (Å²) in [5, 5.41) is 22.4. The van der Waals surface area contributed by atoms with Crippen LogP contribution < -0.4 is 16.3 Å². The lowest BCUT2D eigenvalue weighted by molar-refractivity contribution is -0.135. The van der Waals surface area contributed by atoms with Gasteiger partial charge in [-0.05, 0) is 158 Å². The van der Waals surface area contributed by atoms with E-state index in [1.165, 1.54) is 58.2 Å². The lowest BCUT2D eigenvalue weighted by Crippen LogP contribution is -2.48. The van der Waals surface area contributed by atoms with Crippen molar-refractivity contribution in [3.05, 3.63) is 87.7 Å². The number of benzene rings is 2. The van der Waals surface area contributed by atoms with E-state index in [-0.39, 0.29) is 23.9 Å². The SMILES string of the molecule is Cc1cccc(C(=O)Nc2cc3cn(C4CCC(CN5CCC6(CC5)CC(CCc5cccc7c5n(C)c(=O)n7C5CCC(=O)NC5=O)C6)CC4)nc3cc2C(C)(C)O)n1. The van der Waals surface area contributed by atoms with Crippen molar-refractivity contribution in [2.45, 2.75) is 116 Å². The molecule has 4 fully saturated rings. The molecule has 60 heavy (non-hydrogen) atoms. The van der Waals surface area contributed by atoms with E-state index in [1.54, 1.807) is 36.1 Å². The number of fused-ring (bicyclic) bond motifs is 2. The number of para-hydroxylation sites is 1. The maximum absolute atomic E-state index is 13.4. The van der Waals surface area contributed by atoms with Crippen LogP contribution in [0, 0.1) is 24.2 Å². The average Bonchev–Trinajstić information content (AvgIpc) is 3.74. The van der Waals surface area contributed by atoms with Gasteiger partial charge in [-0.2, -0.15) is 5.10 Å². The van der Waals surface area contributed by atoms with Gasteiger partial charge in [0, 0.05) is 48.5 Å². The Hall–Kier alpha value is -5.14. The molecule has 0 bridgehead atoms. The lowest BCUT2D eigenvalue weighted by atomic mass is 9.56. The first-order valence-electron chi connectivity index (χ1n) is 22.0. The molecule has 5 heterocycles. The van der Waals surface area contributed by atoms with Crippen LogP contribution in [-0.2, 0) is 28.7 Å². The molecule has 1 spiro atoms. The van der Waals surface area contributed by atoms with Gasteiger partial charge in [0.2, 0.25) is 11.8 Å². The number of aryl methyl sites for hydroxylation is 3. The number of anilines is 1. The van der Waals surface area contributed by atoms with Gasteiger partial charge >= 0.3 is 5.69 Å². The van der Waals surface area contributed by atoms with Crippen LogP contribution in [0.1, 0.15) is 124 Å². The van der Waals surface area contributed by atoms with Crippen LogP contribution in [0.5, 0.6) is 0 Å². The molecule has 2 aliphatic heterocycles. The smallest absolute Gasteiger partial charge is 0.329 e. The van der Waals surface area contributed by atoms with Crippen LogP contribution in [0.25, 0.3) is 21.9 Å². The molecule has 9 rings (SSSR count). The van der Waals surface area contributed by atoms with Gasteiger partial charge in [-0.1, -0.05) is 18.2 Å². The predicted octanol–water partition coefficient (Wildman–Crippen LogP) is 6.71. The van der Waals surface area contributed by atoms with Gasteiger partial charge in [0.1, 0.15) is 11.7 Å². The second-order valence-electron chi connectivity index (χ2n) is 19.0. The molecule has 2 aliphatic carbocycles. The van der Waals surface area contributed by atoms with Crippen molar-refractivity contribution >= 4 is 45.3 Å². The summed E-state index contributed by atoms with van der Waals surface area (Å²) in [6, 6.07) is 14.9. The highest BCUT2D eigenvalue weighted by atomic mass is 16.3. The summed E-state index contributed by atoms with van der Waals surface area (Å²) >= 11 is 0. The fraction of sp³-hybridized carbons (Fsp3) is 0.532. The van der Waals surface area contributed by atoms with Crippen molar-refractivity contribution < 1.29 is 19.5 Å². The summed E-state index contributed by atoms with van der Waals surface area (Å²) in [6.45, 7) is 8.83. The molecule has 4 aliphatic rings. The summed E-state index contributed by atoms with van der Waals surface area (Å²) in [5.41, 5.74) is 5.00. The van der Waals surface area contributed by atoms with E-state index in [2.05, 4.69) is 37.5 Å². The van der Waals surface area contributed by atoms with E-state index >= 15 is 0 Å². The summed E-state index contributed by atoms with van der Waals surface area (Å²) in [4.78, 5) is 58.0. The number of imide groups is 1. The number of amides is 3. The number of pyridine rings is 1. The average molecular weight is 815 g/mol. The topological polar surface area (TPSA) is 156 Å². The van der Waals surface area contributed by atoms with Gasteiger partial charge in [0.15, 0.2) is 0 Å². The summed E-state index contributed by atoms with van der Waals surface area (Å²) in [7, 11) is 1.79. The zero-order chi connectivity index (χ0) is 41.9. The van der Waals surface area contributed by atoms with E-state index in [0.717, 1.165) is 58.9 Å². The van der Waals surface area contributed by atoms with E-state index in [9.17, 15) is 24.3 Å². The van der Waals surface area contributed by atoms with Crippen LogP contribution in [0.2, 0.25) is 0 Å². The number of hydrogen-bond donors (Lipinski definition) is 3. The molecule has 2 saturated heterocycles. The minimum Gasteiger partial charge on any atom is -0.386 e. The van der Waals surface area contributed by atoms with Gasteiger partial charge in [0.05, 0.1) is 28.2 Å². The third kappa shape index (κ3) is 7.82. The van der Waals surface area contributed by atoms with Crippen molar-refractivity contribution in [1.29, 1.82) is 0 Å². The first-order valence-corrected chi connectivity index (χ1v) is 22.0. The van der Waals surface area contributed by atoms with Gasteiger partial charge in [-0.25, -0.2) is 9.78 Å². The molecular formula is C47H58N8O5. The molecule has 3 amide bonds. The minimum absolute atomic E-state index is 0.209. The molecule has 5 aromatic rings. The number of imidazole rings is 1. The van der Waals surface area contributed by atoms with Crippen molar-refractivity contribution in [3.8, 4) is 0 Å². The monoisotopic (exact) mass is 814 g/mol. The molecule has 2 saturated carbocycles. The highest BCUT2D eigenvalue weighted by Gasteiger charge is 2.45. The van der Waals surface area contributed by atoms with Crippen LogP contribution in [0.3, 0.4) is 0 Å².